The van der Waals surface area contributed by atoms with E-state index in [2.05, 4.69) is 5.43 Å². The molecule has 2 aromatic rings. The molecule has 0 aromatic heterocycles. The molecule has 3 nitrogen and oxygen atoms in total. The van der Waals surface area contributed by atoms with Gasteiger partial charge in [0.25, 0.3) is 0 Å². The first kappa shape index (κ1) is 14.2. The van der Waals surface area contributed by atoms with E-state index in [1.807, 2.05) is 55.5 Å². The van der Waals surface area contributed by atoms with Crippen LogP contribution in [0.5, 0.6) is 0 Å². The van der Waals surface area contributed by atoms with Crippen LogP contribution in [-0.2, 0) is 0 Å². The molecular weight excluding hydrogens is 281 g/mol. The quantitative estimate of drug-likeness (QED) is 0.506. The maximum atomic E-state index is 6.42. The van der Waals surface area contributed by atoms with Crippen LogP contribution in [0.1, 0.15) is 18.5 Å². The summed E-state index contributed by atoms with van der Waals surface area (Å²) in [6.45, 7) is 1.93. The highest BCUT2D eigenvalue weighted by Crippen LogP contribution is 2.37. The molecule has 0 saturated heterocycles. The average molecular weight is 296 g/mol. The van der Waals surface area contributed by atoms with Gasteiger partial charge in [-0.3, -0.25) is 15.7 Å². The Morgan fingerprint density at radius 1 is 1.11 bits per heavy atom. The summed E-state index contributed by atoms with van der Waals surface area (Å²) in [5.74, 6) is 5.51. The minimum Gasteiger partial charge on any atom is -0.271 e. The van der Waals surface area contributed by atoms with Crippen molar-refractivity contribution >= 4 is 34.8 Å². The van der Waals surface area contributed by atoms with Gasteiger partial charge in [-0.2, -0.15) is 0 Å². The molecule has 19 heavy (non-hydrogen) atoms. The molecule has 2 aromatic carbocycles. The largest absolute Gasteiger partial charge is 0.271 e. The van der Waals surface area contributed by atoms with Crippen molar-refractivity contribution in [2.24, 2.45) is 5.84 Å². The van der Waals surface area contributed by atoms with Crippen molar-refractivity contribution < 1.29 is 0 Å². The van der Waals surface area contributed by atoms with Gasteiger partial charge in [-0.15, -0.1) is 0 Å². The van der Waals surface area contributed by atoms with Gasteiger partial charge < -0.3 is 0 Å². The lowest BCUT2D eigenvalue weighted by Crippen LogP contribution is -2.27. The monoisotopic (exact) mass is 295 g/mol. The molecule has 100 valence electrons. The number of hydrogen-bond acceptors (Lipinski definition) is 3. The van der Waals surface area contributed by atoms with Crippen LogP contribution in [0.3, 0.4) is 0 Å². The lowest BCUT2D eigenvalue weighted by atomic mass is 10.1. The third-order valence-corrected chi connectivity index (χ3v) is 3.61. The van der Waals surface area contributed by atoms with Crippen molar-refractivity contribution in [3.05, 3.63) is 59.1 Å². The Kier molecular flexibility index (Phi) is 4.66. The van der Waals surface area contributed by atoms with Crippen LogP contribution < -0.4 is 15.7 Å². The lowest BCUT2D eigenvalue weighted by Gasteiger charge is -2.23. The van der Waals surface area contributed by atoms with Gasteiger partial charge in [-0.1, -0.05) is 35.9 Å². The van der Waals surface area contributed by atoms with E-state index in [1.165, 1.54) is 0 Å². The van der Waals surface area contributed by atoms with Gasteiger partial charge in [0, 0.05) is 28.4 Å². The first-order valence-electron chi connectivity index (χ1n) is 5.90. The van der Waals surface area contributed by atoms with Crippen molar-refractivity contribution in [3.63, 3.8) is 0 Å². The number of para-hydroxylation sites is 1. The van der Waals surface area contributed by atoms with E-state index in [4.69, 9.17) is 29.2 Å². The zero-order valence-corrected chi connectivity index (χ0v) is 12.0. The highest BCUT2D eigenvalue weighted by atomic mass is 35.5. The molecule has 0 amide bonds. The molecule has 0 saturated carbocycles. The molecular formula is C14H15Cl2N3. The van der Waals surface area contributed by atoms with Crippen molar-refractivity contribution in [2.45, 2.75) is 13.0 Å². The van der Waals surface area contributed by atoms with Crippen LogP contribution >= 0.6 is 23.4 Å². The maximum Gasteiger partial charge on any atom is 0.0644 e. The lowest BCUT2D eigenvalue weighted by molar-refractivity contribution is 0.603. The summed E-state index contributed by atoms with van der Waals surface area (Å²) in [6.07, 6.45) is 0. The molecule has 2 rings (SSSR count). The number of nitrogens with two attached hydrogens (primary N) is 1. The maximum absolute atomic E-state index is 6.42. The molecule has 3 N–H and O–H groups in total. The Morgan fingerprint density at radius 2 is 1.79 bits per heavy atom. The number of hydrazine groups is 1. The Morgan fingerprint density at radius 3 is 2.42 bits per heavy atom. The predicted molar refractivity (Wildman–Crippen MR) is 81.6 cm³/mol. The third kappa shape index (κ3) is 3.01. The van der Waals surface area contributed by atoms with Crippen LogP contribution in [0.15, 0.2) is 48.5 Å². The van der Waals surface area contributed by atoms with Gasteiger partial charge in [0.2, 0.25) is 0 Å². The van der Waals surface area contributed by atoms with E-state index in [9.17, 15) is 0 Å². The minimum absolute atomic E-state index is 0.103. The van der Waals surface area contributed by atoms with Crippen molar-refractivity contribution in [3.8, 4) is 0 Å². The number of benzene rings is 2. The number of halogens is 2. The van der Waals surface area contributed by atoms with Gasteiger partial charge in [-0.25, -0.2) is 0 Å². The second-order valence-corrected chi connectivity index (χ2v) is 4.92. The Labute approximate surface area is 123 Å². The summed E-state index contributed by atoms with van der Waals surface area (Å²) in [6, 6.07) is 15.2. The average Bonchev–Trinajstić information content (AvgIpc) is 2.46. The number of anilines is 2. The SMILES string of the molecule is CC(NN)c1c(Cl)cccc1N(Cl)c1ccccc1. The fourth-order valence-corrected chi connectivity index (χ4v) is 2.50. The predicted octanol–water partition coefficient (Wildman–Crippen LogP) is 4.16. The van der Waals surface area contributed by atoms with Gasteiger partial charge in [-0.05, 0) is 31.2 Å². The molecule has 0 bridgehead atoms. The van der Waals surface area contributed by atoms with Gasteiger partial charge in [0.05, 0.1) is 11.4 Å². The summed E-state index contributed by atoms with van der Waals surface area (Å²) >= 11 is 12.7. The van der Waals surface area contributed by atoms with E-state index in [1.54, 1.807) is 4.42 Å². The normalized spacial score (nSPS) is 12.2. The van der Waals surface area contributed by atoms with Crippen molar-refractivity contribution in [1.82, 2.24) is 5.43 Å². The Bertz CT molecular complexity index is 546. The standard InChI is InChI=1S/C14H15Cl2N3/c1-10(18-17)14-12(15)8-5-9-13(14)19(16)11-6-3-2-4-7-11/h2-10,18H,17H2,1H3. The van der Waals surface area contributed by atoms with Crippen LogP contribution in [0.4, 0.5) is 11.4 Å². The molecule has 0 radical (unpaired) electrons. The van der Waals surface area contributed by atoms with Gasteiger partial charge in [0.15, 0.2) is 0 Å². The highest BCUT2D eigenvalue weighted by molar-refractivity contribution is 6.33. The van der Waals surface area contributed by atoms with Gasteiger partial charge in [0.1, 0.15) is 0 Å². The molecule has 1 unspecified atom stereocenters. The molecule has 0 fully saturated rings. The van der Waals surface area contributed by atoms with E-state index < -0.39 is 0 Å². The van der Waals surface area contributed by atoms with Crippen molar-refractivity contribution in [1.29, 1.82) is 0 Å². The number of hydrogen-bond donors (Lipinski definition) is 2. The smallest absolute Gasteiger partial charge is 0.0644 e. The summed E-state index contributed by atoms with van der Waals surface area (Å²) in [5, 5.41) is 0.629. The molecule has 0 heterocycles. The number of rotatable bonds is 4. The summed E-state index contributed by atoms with van der Waals surface area (Å²) < 4.78 is 1.58. The molecule has 5 heteroatoms. The molecule has 0 spiro atoms. The number of nitrogens with zero attached hydrogens (tertiary/aromatic N) is 1. The second-order valence-electron chi connectivity index (χ2n) is 4.18. The summed E-state index contributed by atoms with van der Waals surface area (Å²) in [5.41, 5.74) is 5.25. The van der Waals surface area contributed by atoms with Crippen LogP contribution in [0, 0.1) is 0 Å². The third-order valence-electron chi connectivity index (χ3n) is 2.91. The molecule has 1 atom stereocenters. The highest BCUT2D eigenvalue weighted by Gasteiger charge is 2.18. The molecule has 0 aliphatic rings. The fraction of sp³-hybridized carbons (Fsp3) is 0.143. The molecule has 0 aliphatic carbocycles. The summed E-state index contributed by atoms with van der Waals surface area (Å²) in [7, 11) is 0. The second kappa shape index (κ2) is 6.26. The van der Waals surface area contributed by atoms with E-state index >= 15 is 0 Å². The van der Waals surface area contributed by atoms with Crippen molar-refractivity contribution in [2.75, 3.05) is 4.42 Å². The zero-order chi connectivity index (χ0) is 13.8. The van der Waals surface area contributed by atoms with Crippen LogP contribution in [-0.4, -0.2) is 0 Å². The van der Waals surface area contributed by atoms with E-state index in [0.717, 1.165) is 16.9 Å². The van der Waals surface area contributed by atoms with Crippen LogP contribution in [0.25, 0.3) is 0 Å². The fourth-order valence-electron chi connectivity index (χ4n) is 1.91. The minimum atomic E-state index is -0.103. The number of nitrogens with one attached hydrogen (secondary N) is 1. The van der Waals surface area contributed by atoms with E-state index in [0.29, 0.717) is 5.02 Å². The van der Waals surface area contributed by atoms with Gasteiger partial charge >= 0.3 is 0 Å². The zero-order valence-electron chi connectivity index (χ0n) is 10.5. The first-order valence-corrected chi connectivity index (χ1v) is 6.62. The van der Waals surface area contributed by atoms with E-state index in [-0.39, 0.29) is 6.04 Å². The van der Waals surface area contributed by atoms with Crippen LogP contribution in [0.2, 0.25) is 5.02 Å². The topological polar surface area (TPSA) is 41.3 Å². The first-order chi connectivity index (χ1) is 9.15. The molecule has 0 aliphatic heterocycles. The summed E-state index contributed by atoms with van der Waals surface area (Å²) in [4.78, 5) is 0. The Balaban J connectivity index is 2.48. The Hall–Kier alpha value is -1.26.